The summed E-state index contributed by atoms with van der Waals surface area (Å²) in [5.41, 5.74) is 2.40. The molecule has 3 nitrogen and oxygen atoms in total. The highest BCUT2D eigenvalue weighted by Crippen LogP contribution is 2.23. The second kappa shape index (κ2) is 5.15. The third-order valence-corrected chi connectivity index (χ3v) is 2.58. The zero-order valence-electron chi connectivity index (χ0n) is 9.72. The Kier molecular flexibility index (Phi) is 3.40. The molecule has 0 amide bonds. The smallest absolute Gasteiger partial charge is 0.124 e. The Hall–Kier alpha value is -2.60. The summed E-state index contributed by atoms with van der Waals surface area (Å²) >= 11 is 0. The van der Waals surface area contributed by atoms with Gasteiger partial charge in [0, 0.05) is 29.4 Å². The molecule has 2 aromatic rings. The number of phenolic OH excluding ortho intramolecular Hbond substituents is 2. The van der Waals surface area contributed by atoms with Crippen LogP contribution in [0.25, 0.3) is 0 Å². The quantitative estimate of drug-likeness (QED) is 0.722. The molecule has 90 valence electrons. The van der Waals surface area contributed by atoms with Crippen LogP contribution in [0.4, 0.5) is 5.69 Å². The molecule has 0 fully saturated rings. The molecule has 0 aliphatic rings. The van der Waals surface area contributed by atoms with Crippen LogP contribution >= 0.6 is 0 Å². The van der Waals surface area contributed by atoms with Gasteiger partial charge in [-0.3, -0.25) is 0 Å². The molecular formula is C15H13NO2. The monoisotopic (exact) mass is 239 g/mol. The van der Waals surface area contributed by atoms with Crippen LogP contribution in [0.1, 0.15) is 11.1 Å². The van der Waals surface area contributed by atoms with Crippen molar-refractivity contribution < 1.29 is 10.2 Å². The van der Waals surface area contributed by atoms with Gasteiger partial charge in [-0.25, -0.2) is 0 Å². The third-order valence-electron chi connectivity index (χ3n) is 2.58. The Morgan fingerprint density at radius 1 is 1.11 bits per heavy atom. The first-order valence-electron chi connectivity index (χ1n) is 5.50. The average molecular weight is 239 g/mol. The van der Waals surface area contributed by atoms with Gasteiger partial charge < -0.3 is 15.5 Å². The van der Waals surface area contributed by atoms with Crippen LogP contribution in [-0.2, 0) is 6.54 Å². The SMILES string of the molecule is C#Cc1cccc(NCc2ccc(O)cc2O)c1. The Bertz CT molecular complexity index is 600. The van der Waals surface area contributed by atoms with E-state index in [9.17, 15) is 10.2 Å². The molecule has 0 radical (unpaired) electrons. The summed E-state index contributed by atoms with van der Waals surface area (Å²) in [6, 6.07) is 12.0. The van der Waals surface area contributed by atoms with Gasteiger partial charge in [-0.2, -0.15) is 0 Å². The van der Waals surface area contributed by atoms with Crippen molar-refractivity contribution >= 4 is 5.69 Å². The van der Waals surface area contributed by atoms with Gasteiger partial charge in [0.1, 0.15) is 11.5 Å². The highest BCUT2D eigenvalue weighted by molar-refractivity contribution is 5.51. The van der Waals surface area contributed by atoms with Crippen molar-refractivity contribution in [2.45, 2.75) is 6.54 Å². The number of hydrogen-bond acceptors (Lipinski definition) is 3. The molecule has 3 heteroatoms. The summed E-state index contributed by atoms with van der Waals surface area (Å²) in [6.45, 7) is 0.458. The minimum absolute atomic E-state index is 0.0468. The maximum atomic E-state index is 9.64. The van der Waals surface area contributed by atoms with Gasteiger partial charge in [0.2, 0.25) is 0 Å². The maximum Gasteiger partial charge on any atom is 0.124 e. The molecule has 18 heavy (non-hydrogen) atoms. The second-order valence-electron chi connectivity index (χ2n) is 3.89. The molecule has 0 saturated heterocycles. The van der Waals surface area contributed by atoms with E-state index in [2.05, 4.69) is 11.2 Å². The predicted molar refractivity (Wildman–Crippen MR) is 71.5 cm³/mol. The fraction of sp³-hybridized carbons (Fsp3) is 0.0667. The topological polar surface area (TPSA) is 52.5 Å². The Labute approximate surface area is 106 Å². The van der Waals surface area contributed by atoms with Crippen molar-refractivity contribution in [2.75, 3.05) is 5.32 Å². The van der Waals surface area contributed by atoms with Crippen molar-refractivity contribution in [3.63, 3.8) is 0 Å². The molecule has 0 spiro atoms. The Morgan fingerprint density at radius 2 is 1.94 bits per heavy atom. The Balaban J connectivity index is 2.09. The van der Waals surface area contributed by atoms with Gasteiger partial charge in [0.05, 0.1) is 0 Å². The zero-order chi connectivity index (χ0) is 13.0. The lowest BCUT2D eigenvalue weighted by Crippen LogP contribution is -1.99. The van der Waals surface area contributed by atoms with Gasteiger partial charge in [-0.05, 0) is 30.3 Å². The number of aromatic hydroxyl groups is 2. The number of anilines is 1. The Morgan fingerprint density at radius 3 is 2.67 bits per heavy atom. The molecule has 0 saturated carbocycles. The molecule has 0 aliphatic carbocycles. The van der Waals surface area contributed by atoms with Gasteiger partial charge in [0.25, 0.3) is 0 Å². The standard InChI is InChI=1S/C15H13NO2/c1-2-11-4-3-5-13(8-11)16-10-12-6-7-14(17)9-15(12)18/h1,3-9,16-18H,10H2. The second-order valence-corrected chi connectivity index (χ2v) is 3.89. The van der Waals surface area contributed by atoms with Crippen LogP contribution in [0, 0.1) is 12.3 Å². The molecule has 2 aromatic carbocycles. The highest BCUT2D eigenvalue weighted by Gasteiger charge is 2.02. The summed E-state index contributed by atoms with van der Waals surface area (Å²) in [5.74, 6) is 2.67. The first-order chi connectivity index (χ1) is 8.69. The highest BCUT2D eigenvalue weighted by atomic mass is 16.3. The normalized spacial score (nSPS) is 9.72. The van der Waals surface area contributed by atoms with Gasteiger partial charge in [-0.15, -0.1) is 6.42 Å². The van der Waals surface area contributed by atoms with Crippen LogP contribution in [0.2, 0.25) is 0 Å². The lowest BCUT2D eigenvalue weighted by atomic mass is 10.1. The van der Waals surface area contributed by atoms with E-state index in [1.165, 1.54) is 12.1 Å². The van der Waals surface area contributed by atoms with Crippen molar-refractivity contribution in [3.05, 3.63) is 53.6 Å². The third kappa shape index (κ3) is 2.74. The van der Waals surface area contributed by atoms with E-state index in [1.54, 1.807) is 6.07 Å². The van der Waals surface area contributed by atoms with E-state index in [-0.39, 0.29) is 11.5 Å². The number of rotatable bonds is 3. The molecule has 0 heterocycles. The van der Waals surface area contributed by atoms with Crippen molar-refractivity contribution in [1.29, 1.82) is 0 Å². The average Bonchev–Trinajstić information content (AvgIpc) is 2.38. The van der Waals surface area contributed by atoms with Gasteiger partial charge >= 0.3 is 0 Å². The van der Waals surface area contributed by atoms with E-state index >= 15 is 0 Å². The van der Waals surface area contributed by atoms with Crippen LogP contribution < -0.4 is 5.32 Å². The maximum absolute atomic E-state index is 9.64. The minimum Gasteiger partial charge on any atom is -0.508 e. The zero-order valence-corrected chi connectivity index (χ0v) is 9.72. The van der Waals surface area contributed by atoms with Gasteiger partial charge in [0.15, 0.2) is 0 Å². The molecule has 3 N–H and O–H groups in total. The van der Waals surface area contributed by atoms with Crippen LogP contribution in [-0.4, -0.2) is 10.2 Å². The fourth-order valence-corrected chi connectivity index (χ4v) is 1.62. The van der Waals surface area contributed by atoms with E-state index in [0.29, 0.717) is 12.1 Å². The number of hydrogen-bond donors (Lipinski definition) is 3. The lowest BCUT2D eigenvalue weighted by molar-refractivity contribution is 0.446. The number of phenols is 2. The number of benzene rings is 2. The molecule has 0 bridgehead atoms. The fourth-order valence-electron chi connectivity index (χ4n) is 1.62. The van der Waals surface area contributed by atoms with E-state index in [4.69, 9.17) is 6.42 Å². The van der Waals surface area contributed by atoms with E-state index in [0.717, 1.165) is 11.3 Å². The first-order valence-corrected chi connectivity index (χ1v) is 5.50. The number of terminal acetylenes is 1. The first kappa shape index (κ1) is 11.9. The number of nitrogens with one attached hydrogen (secondary N) is 1. The lowest BCUT2D eigenvalue weighted by Gasteiger charge is -2.08. The van der Waals surface area contributed by atoms with Crippen LogP contribution in [0.3, 0.4) is 0 Å². The molecule has 0 aromatic heterocycles. The summed E-state index contributed by atoms with van der Waals surface area (Å²) < 4.78 is 0. The van der Waals surface area contributed by atoms with Crippen LogP contribution in [0.15, 0.2) is 42.5 Å². The van der Waals surface area contributed by atoms with Crippen LogP contribution in [0.5, 0.6) is 11.5 Å². The molecule has 2 rings (SSSR count). The molecule has 0 aliphatic heterocycles. The van der Waals surface area contributed by atoms with E-state index < -0.39 is 0 Å². The van der Waals surface area contributed by atoms with Crippen molar-refractivity contribution in [2.24, 2.45) is 0 Å². The molecular weight excluding hydrogens is 226 g/mol. The summed E-state index contributed by atoms with van der Waals surface area (Å²) in [7, 11) is 0. The summed E-state index contributed by atoms with van der Waals surface area (Å²) in [5, 5.41) is 22.0. The summed E-state index contributed by atoms with van der Waals surface area (Å²) in [4.78, 5) is 0. The predicted octanol–water partition coefficient (Wildman–Crippen LogP) is 2.69. The summed E-state index contributed by atoms with van der Waals surface area (Å²) in [6.07, 6.45) is 5.32. The van der Waals surface area contributed by atoms with Crippen molar-refractivity contribution in [1.82, 2.24) is 0 Å². The largest absolute Gasteiger partial charge is 0.508 e. The minimum atomic E-state index is 0.0468. The van der Waals surface area contributed by atoms with Crippen molar-refractivity contribution in [3.8, 4) is 23.8 Å². The molecule has 0 atom stereocenters. The van der Waals surface area contributed by atoms with E-state index in [1.807, 2.05) is 24.3 Å². The van der Waals surface area contributed by atoms with Gasteiger partial charge in [-0.1, -0.05) is 12.0 Å². The molecule has 0 unspecified atom stereocenters.